The maximum absolute atomic E-state index is 13.4. The molecule has 0 unspecified atom stereocenters. The molecule has 0 aliphatic carbocycles. The van der Waals surface area contributed by atoms with Gasteiger partial charge >= 0.3 is 0 Å². The lowest BCUT2D eigenvalue weighted by molar-refractivity contribution is 0.385. The minimum atomic E-state index is -3.67. The van der Waals surface area contributed by atoms with E-state index in [-0.39, 0.29) is 10.6 Å². The Hall–Kier alpha value is -1.57. The molecule has 0 fully saturated rings. The van der Waals surface area contributed by atoms with Crippen LogP contribution in [-0.2, 0) is 15.8 Å². The molecule has 24 heavy (non-hydrogen) atoms. The van der Waals surface area contributed by atoms with Gasteiger partial charge in [-0.15, -0.1) is 0 Å². The predicted molar refractivity (Wildman–Crippen MR) is 95.5 cm³/mol. The summed E-state index contributed by atoms with van der Waals surface area (Å²) in [5, 5.41) is 0. The first-order valence-corrected chi connectivity index (χ1v) is 10.0. The molecule has 2 aromatic rings. The summed E-state index contributed by atoms with van der Waals surface area (Å²) in [5.41, 5.74) is 2.42. The third-order valence-corrected chi connectivity index (χ3v) is 5.85. The summed E-state index contributed by atoms with van der Waals surface area (Å²) in [6, 6.07) is 11.7. The Balaban J connectivity index is 1.83. The van der Waals surface area contributed by atoms with Crippen molar-refractivity contribution in [1.82, 2.24) is 4.72 Å². The highest BCUT2D eigenvalue weighted by Gasteiger charge is 2.16. The Morgan fingerprint density at radius 2 is 1.88 bits per heavy atom. The first-order chi connectivity index (χ1) is 11.4. The van der Waals surface area contributed by atoms with E-state index in [1.807, 2.05) is 6.92 Å². The van der Waals surface area contributed by atoms with Crippen LogP contribution in [0.4, 0.5) is 4.39 Å². The van der Waals surface area contributed by atoms with E-state index in [4.69, 9.17) is 4.74 Å². The van der Waals surface area contributed by atoms with E-state index in [9.17, 15) is 12.8 Å². The number of sulfonamides is 1. The van der Waals surface area contributed by atoms with Gasteiger partial charge in [0.1, 0.15) is 0 Å². The van der Waals surface area contributed by atoms with Crippen LogP contribution in [0.2, 0.25) is 0 Å². The third-order valence-electron chi connectivity index (χ3n) is 3.36. The van der Waals surface area contributed by atoms with E-state index in [1.165, 1.54) is 30.4 Å². The highest BCUT2D eigenvalue weighted by molar-refractivity contribution is 7.98. The zero-order valence-corrected chi connectivity index (χ0v) is 15.2. The van der Waals surface area contributed by atoms with Gasteiger partial charge in [-0.3, -0.25) is 0 Å². The highest BCUT2D eigenvalue weighted by Crippen LogP contribution is 2.21. The minimum absolute atomic E-state index is 0.00992. The van der Waals surface area contributed by atoms with Crippen LogP contribution in [-0.4, -0.2) is 27.8 Å². The van der Waals surface area contributed by atoms with Gasteiger partial charge in [-0.1, -0.05) is 29.8 Å². The van der Waals surface area contributed by atoms with Gasteiger partial charge in [0, 0.05) is 24.1 Å². The predicted octanol–water partition coefficient (Wildman–Crippen LogP) is 3.35. The number of methoxy groups -OCH3 is 1. The molecule has 0 aromatic heterocycles. The number of benzene rings is 2. The fourth-order valence-electron chi connectivity index (χ4n) is 2.01. The molecule has 0 aliphatic rings. The molecule has 0 radical (unpaired) electrons. The lowest BCUT2D eigenvalue weighted by atomic mass is 10.2. The molecule has 4 nitrogen and oxygen atoms in total. The normalized spacial score (nSPS) is 11.5. The number of ether oxygens (including phenoxy) is 1. The molecule has 0 amide bonds. The van der Waals surface area contributed by atoms with E-state index >= 15 is 0 Å². The Kier molecular flexibility index (Phi) is 6.65. The number of aryl methyl sites for hydroxylation is 1. The Labute approximate surface area is 146 Å². The van der Waals surface area contributed by atoms with E-state index in [0.29, 0.717) is 12.3 Å². The molecule has 0 bridgehead atoms. The second-order valence-corrected chi connectivity index (χ2v) is 8.10. The van der Waals surface area contributed by atoms with Crippen LogP contribution < -0.4 is 9.46 Å². The highest BCUT2D eigenvalue weighted by atomic mass is 32.2. The summed E-state index contributed by atoms with van der Waals surface area (Å²) < 4.78 is 45.0. The molecular formula is C17H20FNO3S2. The van der Waals surface area contributed by atoms with Gasteiger partial charge < -0.3 is 4.74 Å². The molecule has 2 aromatic carbocycles. The molecule has 0 saturated heterocycles. The summed E-state index contributed by atoms with van der Waals surface area (Å²) in [5.74, 6) is 0.786. The Morgan fingerprint density at radius 3 is 2.54 bits per heavy atom. The van der Waals surface area contributed by atoms with Crippen molar-refractivity contribution in [3.63, 3.8) is 0 Å². The smallest absolute Gasteiger partial charge is 0.240 e. The van der Waals surface area contributed by atoms with Crippen molar-refractivity contribution in [2.45, 2.75) is 17.6 Å². The van der Waals surface area contributed by atoms with E-state index in [2.05, 4.69) is 29.0 Å². The lowest BCUT2D eigenvalue weighted by Gasteiger charge is -2.09. The molecule has 0 atom stereocenters. The fourth-order valence-corrected chi connectivity index (χ4v) is 4.01. The maximum Gasteiger partial charge on any atom is 0.240 e. The second-order valence-electron chi connectivity index (χ2n) is 5.23. The van der Waals surface area contributed by atoms with Crippen molar-refractivity contribution in [1.29, 1.82) is 0 Å². The van der Waals surface area contributed by atoms with Crippen LogP contribution in [0.1, 0.15) is 11.1 Å². The standard InChI is InChI=1S/C17H20FNO3S2/c1-13-3-5-14(6-4-13)12-23-10-9-19-24(20,21)15-7-8-16(18)17(11-15)22-2/h3-8,11,19H,9-10,12H2,1-2H3. The van der Waals surface area contributed by atoms with Crippen molar-refractivity contribution >= 4 is 21.8 Å². The summed E-state index contributed by atoms with van der Waals surface area (Å²) in [6.07, 6.45) is 0. The van der Waals surface area contributed by atoms with E-state index in [0.717, 1.165) is 11.8 Å². The van der Waals surface area contributed by atoms with Crippen molar-refractivity contribution in [2.75, 3.05) is 19.4 Å². The van der Waals surface area contributed by atoms with Gasteiger partial charge in [-0.25, -0.2) is 17.5 Å². The maximum atomic E-state index is 13.4. The number of halogens is 1. The Bertz CT molecular complexity index is 777. The molecule has 0 saturated carbocycles. The number of rotatable bonds is 8. The van der Waals surface area contributed by atoms with Gasteiger partial charge in [0.25, 0.3) is 0 Å². The first-order valence-electron chi connectivity index (χ1n) is 7.39. The molecular weight excluding hydrogens is 349 g/mol. The van der Waals surface area contributed by atoms with E-state index in [1.54, 1.807) is 11.8 Å². The fraction of sp³-hybridized carbons (Fsp3) is 0.294. The van der Waals surface area contributed by atoms with Crippen LogP contribution in [0.3, 0.4) is 0 Å². The molecule has 2 rings (SSSR count). The van der Waals surface area contributed by atoms with Crippen LogP contribution in [0, 0.1) is 12.7 Å². The number of nitrogens with one attached hydrogen (secondary N) is 1. The zero-order chi connectivity index (χ0) is 17.6. The second kappa shape index (κ2) is 8.50. The molecule has 1 N–H and O–H groups in total. The van der Waals surface area contributed by atoms with Crippen molar-refractivity contribution in [2.24, 2.45) is 0 Å². The van der Waals surface area contributed by atoms with Crippen LogP contribution in [0.25, 0.3) is 0 Å². The van der Waals surface area contributed by atoms with Crippen molar-refractivity contribution in [3.8, 4) is 5.75 Å². The zero-order valence-electron chi connectivity index (χ0n) is 13.6. The topological polar surface area (TPSA) is 55.4 Å². The SMILES string of the molecule is COc1cc(S(=O)(=O)NCCSCc2ccc(C)cc2)ccc1F. The summed E-state index contributed by atoms with van der Waals surface area (Å²) in [4.78, 5) is -0.00992. The average Bonchev–Trinajstić information content (AvgIpc) is 2.56. The molecule has 0 heterocycles. The monoisotopic (exact) mass is 369 g/mol. The third kappa shape index (κ3) is 5.22. The van der Waals surface area contributed by atoms with Crippen LogP contribution in [0.5, 0.6) is 5.75 Å². The molecule has 0 spiro atoms. The number of hydrogen-bond acceptors (Lipinski definition) is 4. The first kappa shape index (κ1) is 18.8. The van der Waals surface area contributed by atoms with Gasteiger partial charge in [0.05, 0.1) is 12.0 Å². The quantitative estimate of drug-likeness (QED) is 0.725. The molecule has 0 aliphatic heterocycles. The van der Waals surface area contributed by atoms with Gasteiger partial charge in [0.15, 0.2) is 11.6 Å². The average molecular weight is 369 g/mol. The Morgan fingerprint density at radius 1 is 1.17 bits per heavy atom. The van der Waals surface area contributed by atoms with Gasteiger partial charge in [-0.2, -0.15) is 11.8 Å². The van der Waals surface area contributed by atoms with Crippen LogP contribution in [0.15, 0.2) is 47.4 Å². The van der Waals surface area contributed by atoms with Crippen molar-refractivity contribution < 1.29 is 17.5 Å². The molecule has 130 valence electrons. The van der Waals surface area contributed by atoms with E-state index < -0.39 is 15.8 Å². The molecule has 7 heteroatoms. The van der Waals surface area contributed by atoms with Gasteiger partial charge in [0.2, 0.25) is 10.0 Å². The minimum Gasteiger partial charge on any atom is -0.494 e. The summed E-state index contributed by atoms with van der Waals surface area (Å²) in [6.45, 7) is 2.34. The number of thioether (sulfide) groups is 1. The van der Waals surface area contributed by atoms with Crippen molar-refractivity contribution in [3.05, 3.63) is 59.4 Å². The lowest BCUT2D eigenvalue weighted by Crippen LogP contribution is -2.26. The van der Waals surface area contributed by atoms with Gasteiger partial charge in [-0.05, 0) is 24.6 Å². The van der Waals surface area contributed by atoms with Crippen LogP contribution >= 0.6 is 11.8 Å². The summed E-state index contributed by atoms with van der Waals surface area (Å²) in [7, 11) is -2.37. The summed E-state index contributed by atoms with van der Waals surface area (Å²) >= 11 is 1.65. The largest absolute Gasteiger partial charge is 0.494 e. The number of hydrogen-bond donors (Lipinski definition) is 1.